The third-order valence-electron chi connectivity index (χ3n) is 4.16. The van der Waals surface area contributed by atoms with Gasteiger partial charge in [0.2, 0.25) is 5.91 Å². The highest BCUT2D eigenvalue weighted by molar-refractivity contribution is 5.91. The molecule has 0 radical (unpaired) electrons. The lowest BCUT2D eigenvalue weighted by Gasteiger charge is -2.12. The van der Waals surface area contributed by atoms with Crippen LogP contribution < -0.4 is 5.32 Å². The number of benzene rings is 1. The molecule has 1 aromatic carbocycles. The van der Waals surface area contributed by atoms with Crippen molar-refractivity contribution in [3.8, 4) is 17.1 Å². The largest absolute Gasteiger partial charge is 0.326 e. The van der Waals surface area contributed by atoms with Crippen LogP contribution in [0.3, 0.4) is 0 Å². The van der Waals surface area contributed by atoms with E-state index in [4.69, 9.17) is 0 Å². The molecule has 1 N–H and O–H groups in total. The summed E-state index contributed by atoms with van der Waals surface area (Å²) in [6.07, 6.45) is 9.44. The molecule has 134 valence electrons. The summed E-state index contributed by atoms with van der Waals surface area (Å²) in [4.78, 5) is 25.0. The molecule has 26 heavy (non-hydrogen) atoms. The van der Waals surface area contributed by atoms with Crippen LogP contribution in [0, 0.1) is 6.92 Å². The lowest BCUT2D eigenvalue weighted by Crippen LogP contribution is -2.11. The Morgan fingerprint density at radius 2 is 1.92 bits per heavy atom. The van der Waals surface area contributed by atoms with Crippen molar-refractivity contribution in [2.45, 2.75) is 40.0 Å². The summed E-state index contributed by atoms with van der Waals surface area (Å²) in [6, 6.07) is 5.94. The second-order valence-electron chi connectivity index (χ2n) is 6.16. The zero-order valence-electron chi connectivity index (χ0n) is 15.4. The molecule has 6 heteroatoms. The molecule has 2 aromatic heterocycles. The Bertz CT molecular complexity index is 899. The lowest BCUT2D eigenvalue weighted by atomic mass is 10.1. The first kappa shape index (κ1) is 17.8. The van der Waals surface area contributed by atoms with Crippen molar-refractivity contribution in [1.82, 2.24) is 19.5 Å². The quantitative estimate of drug-likeness (QED) is 0.731. The van der Waals surface area contributed by atoms with Gasteiger partial charge in [0.15, 0.2) is 0 Å². The minimum Gasteiger partial charge on any atom is -0.326 e. The molecule has 1 amide bonds. The van der Waals surface area contributed by atoms with Crippen molar-refractivity contribution in [1.29, 1.82) is 0 Å². The van der Waals surface area contributed by atoms with E-state index in [2.05, 4.69) is 20.3 Å². The average Bonchev–Trinajstić information content (AvgIpc) is 3.13. The van der Waals surface area contributed by atoms with E-state index >= 15 is 0 Å². The molecule has 2 heterocycles. The predicted molar refractivity (Wildman–Crippen MR) is 102 cm³/mol. The first-order valence-electron chi connectivity index (χ1n) is 8.87. The second-order valence-corrected chi connectivity index (χ2v) is 6.16. The van der Waals surface area contributed by atoms with Crippen molar-refractivity contribution in [2.75, 3.05) is 5.32 Å². The summed E-state index contributed by atoms with van der Waals surface area (Å²) >= 11 is 0. The maximum absolute atomic E-state index is 11.8. The Hall–Kier alpha value is -3.02. The second kappa shape index (κ2) is 7.91. The summed E-state index contributed by atoms with van der Waals surface area (Å²) in [5.41, 5.74) is 3.68. The summed E-state index contributed by atoms with van der Waals surface area (Å²) in [5.74, 6) is 1.64. The van der Waals surface area contributed by atoms with Crippen molar-refractivity contribution in [3.63, 3.8) is 0 Å². The molecule has 0 aliphatic carbocycles. The number of amides is 1. The van der Waals surface area contributed by atoms with E-state index < -0.39 is 0 Å². The molecule has 0 spiro atoms. The van der Waals surface area contributed by atoms with Crippen LogP contribution in [0.15, 0.2) is 43.0 Å². The van der Waals surface area contributed by atoms with Gasteiger partial charge < -0.3 is 5.32 Å². The number of nitrogens with zero attached hydrogens (tertiary/aromatic N) is 4. The van der Waals surface area contributed by atoms with Gasteiger partial charge in [-0.1, -0.05) is 13.8 Å². The van der Waals surface area contributed by atoms with Crippen LogP contribution in [0.1, 0.15) is 38.1 Å². The molecule has 0 unspecified atom stereocenters. The average molecular weight is 349 g/mol. The SMILES string of the molecule is CCCC(=O)Nc1ccc(-n2ccnc2-c2cnc(CC)nc2)cc1C. The number of anilines is 1. The van der Waals surface area contributed by atoms with Crippen molar-refractivity contribution < 1.29 is 4.79 Å². The predicted octanol–water partition coefficient (Wildman–Crippen LogP) is 3.94. The number of carbonyl (C=O) groups excluding carboxylic acids is 1. The summed E-state index contributed by atoms with van der Waals surface area (Å²) in [7, 11) is 0. The van der Waals surface area contributed by atoms with E-state index in [1.54, 1.807) is 18.6 Å². The zero-order chi connectivity index (χ0) is 18.5. The molecule has 3 aromatic rings. The van der Waals surface area contributed by atoms with Gasteiger partial charge in [-0.2, -0.15) is 0 Å². The molecule has 0 fully saturated rings. The highest BCUT2D eigenvalue weighted by Crippen LogP contribution is 2.24. The van der Waals surface area contributed by atoms with Crippen LogP contribution in [0.2, 0.25) is 0 Å². The lowest BCUT2D eigenvalue weighted by molar-refractivity contribution is -0.116. The van der Waals surface area contributed by atoms with Crippen LogP contribution in [0.4, 0.5) is 5.69 Å². The maximum atomic E-state index is 11.8. The number of aromatic nitrogens is 4. The molecular formula is C20H23N5O. The van der Waals surface area contributed by atoms with Gasteiger partial charge in [0.1, 0.15) is 11.6 Å². The molecule has 0 aliphatic rings. The Morgan fingerprint density at radius 3 is 2.58 bits per heavy atom. The molecule has 0 aliphatic heterocycles. The Morgan fingerprint density at radius 1 is 1.15 bits per heavy atom. The third-order valence-corrected chi connectivity index (χ3v) is 4.16. The molecule has 0 bridgehead atoms. The standard InChI is InChI=1S/C20H23N5O/c1-4-6-19(26)24-17-8-7-16(11-14(17)3)25-10-9-21-20(25)15-12-22-18(5-2)23-13-15/h7-13H,4-6H2,1-3H3,(H,24,26). The van der Waals surface area contributed by atoms with Crippen LogP contribution in [0.25, 0.3) is 17.1 Å². The number of aryl methyl sites for hydroxylation is 2. The van der Waals surface area contributed by atoms with Gasteiger partial charge in [0.05, 0.1) is 5.56 Å². The van der Waals surface area contributed by atoms with Gasteiger partial charge in [0.25, 0.3) is 0 Å². The van der Waals surface area contributed by atoms with Gasteiger partial charge in [-0.15, -0.1) is 0 Å². The topological polar surface area (TPSA) is 72.7 Å². The highest BCUT2D eigenvalue weighted by atomic mass is 16.1. The number of rotatable bonds is 6. The monoisotopic (exact) mass is 349 g/mol. The summed E-state index contributed by atoms with van der Waals surface area (Å²) in [6.45, 7) is 6.01. The highest BCUT2D eigenvalue weighted by Gasteiger charge is 2.11. The fourth-order valence-corrected chi connectivity index (χ4v) is 2.76. The van der Waals surface area contributed by atoms with Gasteiger partial charge in [-0.25, -0.2) is 15.0 Å². The van der Waals surface area contributed by atoms with Crippen molar-refractivity contribution >= 4 is 11.6 Å². The summed E-state index contributed by atoms with van der Waals surface area (Å²) in [5, 5.41) is 2.96. The Kier molecular flexibility index (Phi) is 5.41. The first-order valence-corrected chi connectivity index (χ1v) is 8.87. The van der Waals surface area contributed by atoms with E-state index in [1.807, 2.05) is 49.7 Å². The van der Waals surface area contributed by atoms with E-state index in [9.17, 15) is 4.79 Å². The maximum Gasteiger partial charge on any atom is 0.224 e. The minimum atomic E-state index is 0.0415. The molecule has 3 rings (SSSR count). The number of hydrogen-bond donors (Lipinski definition) is 1. The Balaban J connectivity index is 1.89. The van der Waals surface area contributed by atoms with Gasteiger partial charge in [-0.3, -0.25) is 9.36 Å². The van der Waals surface area contributed by atoms with E-state index in [0.717, 1.165) is 47.0 Å². The van der Waals surface area contributed by atoms with Crippen LogP contribution >= 0.6 is 0 Å². The number of imidazole rings is 1. The van der Waals surface area contributed by atoms with E-state index in [-0.39, 0.29) is 5.91 Å². The van der Waals surface area contributed by atoms with E-state index in [0.29, 0.717) is 6.42 Å². The summed E-state index contributed by atoms with van der Waals surface area (Å²) < 4.78 is 1.99. The van der Waals surface area contributed by atoms with E-state index in [1.165, 1.54) is 0 Å². The van der Waals surface area contributed by atoms with Crippen LogP contribution in [-0.4, -0.2) is 25.4 Å². The number of hydrogen-bond acceptors (Lipinski definition) is 4. The molecular weight excluding hydrogens is 326 g/mol. The van der Waals surface area contributed by atoms with Crippen LogP contribution in [-0.2, 0) is 11.2 Å². The smallest absolute Gasteiger partial charge is 0.224 e. The van der Waals surface area contributed by atoms with Crippen molar-refractivity contribution in [2.24, 2.45) is 0 Å². The fraction of sp³-hybridized carbons (Fsp3) is 0.300. The molecule has 0 saturated carbocycles. The number of nitrogens with one attached hydrogen (secondary N) is 1. The minimum absolute atomic E-state index is 0.0415. The number of carbonyl (C=O) groups is 1. The first-order chi connectivity index (χ1) is 12.6. The Labute approximate surface area is 153 Å². The van der Waals surface area contributed by atoms with Gasteiger partial charge in [-0.05, 0) is 37.1 Å². The third kappa shape index (κ3) is 3.79. The molecule has 0 atom stereocenters. The zero-order valence-corrected chi connectivity index (χ0v) is 15.4. The molecule has 0 saturated heterocycles. The van der Waals surface area contributed by atoms with Gasteiger partial charge in [0, 0.05) is 49.0 Å². The molecule has 6 nitrogen and oxygen atoms in total. The van der Waals surface area contributed by atoms with Crippen LogP contribution in [0.5, 0.6) is 0 Å². The van der Waals surface area contributed by atoms with Crippen molar-refractivity contribution in [3.05, 3.63) is 54.4 Å². The normalized spacial score (nSPS) is 10.7. The fourth-order valence-electron chi connectivity index (χ4n) is 2.76. The van der Waals surface area contributed by atoms with Gasteiger partial charge >= 0.3 is 0 Å².